The van der Waals surface area contributed by atoms with E-state index in [2.05, 4.69) is 68.4 Å². The van der Waals surface area contributed by atoms with Crippen LogP contribution in [0.25, 0.3) is 0 Å². The molecule has 0 aliphatic heterocycles. The lowest BCUT2D eigenvalue weighted by Crippen LogP contribution is -2.06. The van der Waals surface area contributed by atoms with Gasteiger partial charge in [0.05, 0.1) is 0 Å². The monoisotopic (exact) mass is 689 g/mol. The van der Waals surface area contributed by atoms with Gasteiger partial charge in [0.1, 0.15) is 17.5 Å². The molecule has 282 valence electrons. The molecule has 0 N–H and O–H groups in total. The summed E-state index contributed by atoms with van der Waals surface area (Å²) in [7, 11) is 0. The molecule has 0 radical (unpaired) electrons. The molecular formula is C44H76N6. The third kappa shape index (κ3) is 18.5. The second-order valence-electron chi connectivity index (χ2n) is 14.4. The number of aryl methyl sites for hydroxylation is 9. The van der Waals surface area contributed by atoms with Gasteiger partial charge in [0.2, 0.25) is 0 Å². The molecule has 3 aromatic heterocycles. The molecule has 0 amide bonds. The van der Waals surface area contributed by atoms with Crippen LogP contribution >= 0.6 is 0 Å². The molecule has 0 saturated heterocycles. The van der Waals surface area contributed by atoms with Crippen LogP contribution in [-0.4, -0.2) is 29.9 Å². The summed E-state index contributed by atoms with van der Waals surface area (Å²) in [5.74, 6) is 2.86. The largest absolute Gasteiger partial charge is 0.238 e. The van der Waals surface area contributed by atoms with E-state index in [0.29, 0.717) is 0 Å². The average molecular weight is 689 g/mol. The highest BCUT2D eigenvalue weighted by molar-refractivity contribution is 5.26. The van der Waals surface area contributed by atoms with Crippen LogP contribution < -0.4 is 0 Å². The number of aromatic nitrogens is 6. The summed E-state index contributed by atoms with van der Waals surface area (Å²) in [4.78, 5) is 27.2. The predicted molar refractivity (Wildman–Crippen MR) is 215 cm³/mol. The summed E-state index contributed by atoms with van der Waals surface area (Å²) in [6, 6.07) is 0. The Hall–Kier alpha value is -2.76. The van der Waals surface area contributed by atoms with E-state index in [-0.39, 0.29) is 0 Å². The maximum atomic E-state index is 4.72. The first-order chi connectivity index (χ1) is 24.0. The van der Waals surface area contributed by atoms with E-state index in [4.69, 9.17) is 9.97 Å². The van der Waals surface area contributed by atoms with E-state index in [1.54, 1.807) is 0 Å². The van der Waals surface area contributed by atoms with Crippen molar-refractivity contribution in [1.29, 1.82) is 0 Å². The average Bonchev–Trinajstić information content (AvgIpc) is 3.07. The van der Waals surface area contributed by atoms with Gasteiger partial charge in [0.15, 0.2) is 0 Å². The van der Waals surface area contributed by atoms with Gasteiger partial charge in [-0.1, -0.05) is 105 Å². The Balaban J connectivity index is 0.000000396. The lowest BCUT2D eigenvalue weighted by Gasteiger charge is -2.11. The van der Waals surface area contributed by atoms with Gasteiger partial charge in [-0.3, -0.25) is 0 Å². The number of rotatable bonds is 20. The van der Waals surface area contributed by atoms with Crippen molar-refractivity contribution in [2.45, 2.75) is 212 Å². The summed E-state index contributed by atoms with van der Waals surface area (Å²) < 4.78 is 0. The van der Waals surface area contributed by atoms with Gasteiger partial charge in [-0.2, -0.15) is 0 Å². The van der Waals surface area contributed by atoms with E-state index >= 15 is 0 Å². The van der Waals surface area contributed by atoms with Gasteiger partial charge in [-0.05, 0) is 117 Å². The Labute approximate surface area is 309 Å². The minimum absolute atomic E-state index is 0.862. The lowest BCUT2D eigenvalue weighted by atomic mass is 10.0. The van der Waals surface area contributed by atoms with Crippen molar-refractivity contribution in [2.24, 2.45) is 0 Å². The molecule has 0 spiro atoms. The Bertz CT molecular complexity index is 1270. The third-order valence-electron chi connectivity index (χ3n) is 9.74. The Morgan fingerprint density at radius 1 is 0.320 bits per heavy atom. The quantitative estimate of drug-likeness (QED) is 0.110. The second kappa shape index (κ2) is 27.0. The van der Waals surface area contributed by atoms with Crippen LogP contribution in [0.4, 0.5) is 0 Å². The molecule has 0 bridgehead atoms. The zero-order valence-corrected chi connectivity index (χ0v) is 34.8. The van der Waals surface area contributed by atoms with Crippen molar-refractivity contribution in [3.05, 3.63) is 68.3 Å². The first kappa shape index (κ1) is 45.3. The van der Waals surface area contributed by atoms with E-state index < -0.39 is 0 Å². The Morgan fingerprint density at radius 2 is 0.680 bits per heavy atom. The molecule has 3 heterocycles. The molecule has 6 nitrogen and oxygen atoms in total. The molecule has 6 heteroatoms. The number of hydrogen-bond acceptors (Lipinski definition) is 6. The smallest absolute Gasteiger partial charge is 0.128 e. The van der Waals surface area contributed by atoms with Gasteiger partial charge in [0, 0.05) is 40.6 Å². The number of hydrogen-bond donors (Lipinski definition) is 0. The molecule has 0 aromatic carbocycles. The molecular weight excluding hydrogens is 613 g/mol. The second-order valence-corrected chi connectivity index (χ2v) is 14.4. The van der Waals surface area contributed by atoms with Crippen molar-refractivity contribution in [1.82, 2.24) is 29.9 Å². The highest BCUT2D eigenvalue weighted by Crippen LogP contribution is 2.18. The first-order valence-electron chi connectivity index (χ1n) is 20.4. The Morgan fingerprint density at radius 3 is 1.08 bits per heavy atom. The van der Waals surface area contributed by atoms with Crippen LogP contribution in [0.5, 0.6) is 0 Å². The first-order valence-corrected chi connectivity index (χ1v) is 20.4. The van der Waals surface area contributed by atoms with Crippen molar-refractivity contribution in [3.63, 3.8) is 0 Å². The number of unbranched alkanes of at least 4 members (excludes halogenated alkanes) is 12. The van der Waals surface area contributed by atoms with Crippen molar-refractivity contribution >= 4 is 0 Å². The SMILES string of the molecule is CCCCCCc1nc(C)c(CCCCCC)c(C)n1.CCCCCCc1nc(C)nc(CCCCCC)c1C.Cc1nc(C)c(C)c(C)n1. The Kier molecular flexibility index (Phi) is 24.4. The van der Waals surface area contributed by atoms with E-state index in [0.717, 1.165) is 54.5 Å². The maximum absolute atomic E-state index is 4.72. The van der Waals surface area contributed by atoms with Crippen LogP contribution in [0.3, 0.4) is 0 Å². The summed E-state index contributed by atoms with van der Waals surface area (Å²) in [6.45, 7) is 25.6. The summed E-state index contributed by atoms with van der Waals surface area (Å²) >= 11 is 0. The molecule has 3 rings (SSSR count). The van der Waals surface area contributed by atoms with Crippen LogP contribution in [0, 0.1) is 55.4 Å². The highest BCUT2D eigenvalue weighted by atomic mass is 14.9. The van der Waals surface area contributed by atoms with E-state index in [1.807, 2.05) is 34.6 Å². The fraction of sp³-hybridized carbons (Fsp3) is 0.727. The lowest BCUT2D eigenvalue weighted by molar-refractivity contribution is 0.641. The zero-order chi connectivity index (χ0) is 37.3. The topological polar surface area (TPSA) is 77.3 Å². The van der Waals surface area contributed by atoms with Gasteiger partial charge < -0.3 is 0 Å². The standard InChI is InChI=1S/2C18H32N2.C8H12N2/c1-5-7-9-11-13-17-15(3)18(20-16(4)19-17)14-12-10-8-6-2;1-5-7-9-11-13-17-15(3)19-18(20-16(17)4)14-12-10-8-6-2;1-5-6(2)9-8(4)10-7(5)3/h2*5-14H2,1-4H3;1-4H3. The molecule has 0 atom stereocenters. The van der Waals surface area contributed by atoms with Crippen LogP contribution in [0.2, 0.25) is 0 Å². The van der Waals surface area contributed by atoms with Crippen LogP contribution in [-0.2, 0) is 25.7 Å². The third-order valence-corrected chi connectivity index (χ3v) is 9.74. The molecule has 0 unspecified atom stereocenters. The van der Waals surface area contributed by atoms with Gasteiger partial charge in [0.25, 0.3) is 0 Å². The molecule has 0 saturated carbocycles. The molecule has 50 heavy (non-hydrogen) atoms. The zero-order valence-electron chi connectivity index (χ0n) is 34.8. The summed E-state index contributed by atoms with van der Waals surface area (Å²) in [5, 5.41) is 0. The normalized spacial score (nSPS) is 10.8. The fourth-order valence-corrected chi connectivity index (χ4v) is 6.34. The van der Waals surface area contributed by atoms with E-state index in [1.165, 1.54) is 142 Å². The highest BCUT2D eigenvalue weighted by Gasteiger charge is 2.10. The maximum Gasteiger partial charge on any atom is 0.128 e. The molecule has 0 fully saturated rings. The molecule has 3 aromatic rings. The minimum atomic E-state index is 0.862. The number of nitrogens with zero attached hydrogens (tertiary/aromatic N) is 6. The van der Waals surface area contributed by atoms with Crippen molar-refractivity contribution in [2.75, 3.05) is 0 Å². The minimum Gasteiger partial charge on any atom is -0.238 e. The molecule has 0 aliphatic rings. The van der Waals surface area contributed by atoms with Gasteiger partial charge >= 0.3 is 0 Å². The predicted octanol–water partition coefficient (Wildman–Crippen LogP) is 12.4. The fourth-order valence-electron chi connectivity index (χ4n) is 6.34. The van der Waals surface area contributed by atoms with Crippen molar-refractivity contribution in [3.8, 4) is 0 Å². The molecule has 0 aliphatic carbocycles. The van der Waals surface area contributed by atoms with Crippen LogP contribution in [0.1, 0.15) is 199 Å². The van der Waals surface area contributed by atoms with Crippen molar-refractivity contribution < 1.29 is 0 Å². The van der Waals surface area contributed by atoms with E-state index in [9.17, 15) is 0 Å². The summed E-state index contributed by atoms with van der Waals surface area (Å²) in [6.07, 6.45) is 25.3. The van der Waals surface area contributed by atoms with Gasteiger partial charge in [-0.15, -0.1) is 0 Å². The van der Waals surface area contributed by atoms with Crippen LogP contribution in [0.15, 0.2) is 0 Å². The summed E-state index contributed by atoms with van der Waals surface area (Å²) in [5.41, 5.74) is 11.1. The van der Waals surface area contributed by atoms with Gasteiger partial charge in [-0.25, -0.2) is 29.9 Å².